The molecule has 0 fully saturated rings. The summed E-state index contributed by atoms with van der Waals surface area (Å²) in [4.78, 5) is 2.55. The van der Waals surface area contributed by atoms with Gasteiger partial charge >= 0.3 is 0 Å². The Kier molecular flexibility index (Phi) is 8.41. The molecule has 0 unspecified atom stereocenters. The minimum Gasteiger partial charge on any atom is -0.310 e. The highest BCUT2D eigenvalue weighted by molar-refractivity contribution is 6.09. The van der Waals surface area contributed by atoms with Gasteiger partial charge in [0.2, 0.25) is 0 Å². The third-order valence-electron chi connectivity index (χ3n) is 15.7. The van der Waals surface area contributed by atoms with Gasteiger partial charge in [-0.15, -0.1) is 0 Å². The molecule has 0 aromatic heterocycles. The lowest BCUT2D eigenvalue weighted by Crippen LogP contribution is -2.33. The zero-order valence-corrected chi connectivity index (χ0v) is 38.1. The molecule has 0 amide bonds. The van der Waals surface area contributed by atoms with Crippen molar-refractivity contribution in [2.45, 2.75) is 56.8 Å². The standard InChI is InChI=1S/C65H51N/c1-63(2)36-37-64(3,4)61-39-46(30-35-59(61)63)54-40-55-53-22-12-15-25-58(53)65(56-23-13-10-20-51(56)52-21-11-14-24-57(52)65)60(55)41-62(54)66(47-31-28-43(29-32-47)42-16-6-5-7-17-42)48-33-34-50-45(38-48)27-26-44-18-8-9-19-49(44)50/h5-35,38-41H,36-37H2,1-4H3. The summed E-state index contributed by atoms with van der Waals surface area (Å²) in [6, 6.07) is 80.5. The molecule has 0 saturated carbocycles. The second-order valence-corrected chi connectivity index (χ2v) is 20.3. The molecule has 1 spiro atoms. The zero-order chi connectivity index (χ0) is 44.4. The maximum atomic E-state index is 2.59. The van der Waals surface area contributed by atoms with Gasteiger partial charge in [-0.05, 0) is 154 Å². The van der Waals surface area contributed by atoms with Crippen molar-refractivity contribution in [3.05, 3.63) is 246 Å². The average Bonchev–Trinajstić information content (AvgIpc) is 3.82. The van der Waals surface area contributed by atoms with Crippen LogP contribution in [0.15, 0.2) is 212 Å². The number of hydrogen-bond acceptors (Lipinski definition) is 1. The van der Waals surface area contributed by atoms with Crippen LogP contribution in [0.25, 0.3) is 66.1 Å². The van der Waals surface area contributed by atoms with Crippen molar-refractivity contribution in [3.63, 3.8) is 0 Å². The highest BCUT2D eigenvalue weighted by Crippen LogP contribution is 2.64. The van der Waals surface area contributed by atoms with E-state index in [-0.39, 0.29) is 10.8 Å². The van der Waals surface area contributed by atoms with Gasteiger partial charge in [-0.3, -0.25) is 0 Å². The fraction of sp³-hybridized carbons (Fsp3) is 0.138. The summed E-state index contributed by atoms with van der Waals surface area (Å²) in [5.74, 6) is 0. The first kappa shape index (κ1) is 38.9. The topological polar surface area (TPSA) is 3.24 Å². The van der Waals surface area contributed by atoms with E-state index in [0.29, 0.717) is 0 Å². The molecular weight excluding hydrogens is 795 g/mol. The summed E-state index contributed by atoms with van der Waals surface area (Å²) in [6.45, 7) is 9.75. The van der Waals surface area contributed by atoms with E-state index in [1.807, 2.05) is 0 Å². The van der Waals surface area contributed by atoms with Crippen LogP contribution < -0.4 is 4.90 Å². The van der Waals surface area contributed by atoms with Gasteiger partial charge in [-0.1, -0.05) is 204 Å². The lowest BCUT2D eigenvalue weighted by Gasteiger charge is -2.42. The van der Waals surface area contributed by atoms with E-state index >= 15 is 0 Å². The summed E-state index contributed by atoms with van der Waals surface area (Å²) in [5.41, 5.74) is 21.6. The average molecular weight is 846 g/mol. The fourth-order valence-corrected chi connectivity index (χ4v) is 12.3. The fourth-order valence-electron chi connectivity index (χ4n) is 12.3. The second-order valence-electron chi connectivity index (χ2n) is 20.3. The van der Waals surface area contributed by atoms with Gasteiger partial charge in [0, 0.05) is 16.9 Å². The molecule has 0 radical (unpaired) electrons. The van der Waals surface area contributed by atoms with Crippen molar-refractivity contribution < 1.29 is 0 Å². The van der Waals surface area contributed by atoms with Crippen LogP contribution in [-0.2, 0) is 16.2 Å². The zero-order valence-electron chi connectivity index (χ0n) is 38.1. The number of rotatable bonds is 5. The van der Waals surface area contributed by atoms with Crippen LogP contribution in [-0.4, -0.2) is 0 Å². The van der Waals surface area contributed by atoms with Crippen molar-refractivity contribution in [2.24, 2.45) is 0 Å². The van der Waals surface area contributed by atoms with Crippen LogP contribution in [0.1, 0.15) is 73.9 Å². The molecule has 3 aliphatic rings. The minimum absolute atomic E-state index is 0.0553. The summed E-state index contributed by atoms with van der Waals surface area (Å²) in [7, 11) is 0. The minimum atomic E-state index is -0.487. The van der Waals surface area contributed by atoms with Crippen LogP contribution >= 0.6 is 0 Å². The number of hydrogen-bond donors (Lipinski definition) is 0. The van der Waals surface area contributed by atoms with E-state index in [4.69, 9.17) is 0 Å². The Morgan fingerprint density at radius 2 is 0.848 bits per heavy atom. The highest BCUT2D eigenvalue weighted by atomic mass is 15.1. The first-order valence-corrected chi connectivity index (χ1v) is 23.7. The highest BCUT2D eigenvalue weighted by Gasteiger charge is 2.52. The van der Waals surface area contributed by atoms with Gasteiger partial charge < -0.3 is 4.90 Å². The number of fused-ring (bicyclic) bond motifs is 14. The van der Waals surface area contributed by atoms with Gasteiger partial charge in [0.15, 0.2) is 0 Å². The molecule has 0 N–H and O–H groups in total. The van der Waals surface area contributed by atoms with E-state index in [0.717, 1.165) is 17.8 Å². The Labute approximate surface area is 388 Å². The van der Waals surface area contributed by atoms with Gasteiger partial charge in [0.25, 0.3) is 0 Å². The summed E-state index contributed by atoms with van der Waals surface area (Å²) < 4.78 is 0. The molecule has 0 heterocycles. The summed E-state index contributed by atoms with van der Waals surface area (Å²) in [5, 5.41) is 5.02. The van der Waals surface area contributed by atoms with Gasteiger partial charge in [0.1, 0.15) is 0 Å². The first-order valence-electron chi connectivity index (χ1n) is 23.7. The maximum Gasteiger partial charge on any atom is 0.0726 e. The van der Waals surface area contributed by atoms with E-state index in [1.165, 1.54) is 112 Å². The Balaban J connectivity index is 1.14. The molecule has 3 aliphatic carbocycles. The molecule has 0 saturated heterocycles. The predicted molar refractivity (Wildman–Crippen MR) is 279 cm³/mol. The molecule has 10 aromatic rings. The Morgan fingerprint density at radius 3 is 1.55 bits per heavy atom. The number of nitrogens with zero attached hydrogens (tertiary/aromatic N) is 1. The molecule has 1 heteroatoms. The van der Waals surface area contributed by atoms with E-state index in [2.05, 4.69) is 245 Å². The number of anilines is 3. The van der Waals surface area contributed by atoms with E-state index < -0.39 is 5.41 Å². The van der Waals surface area contributed by atoms with Crippen molar-refractivity contribution in [1.82, 2.24) is 0 Å². The van der Waals surface area contributed by atoms with Gasteiger partial charge in [0.05, 0.1) is 11.1 Å². The van der Waals surface area contributed by atoms with Crippen molar-refractivity contribution in [1.29, 1.82) is 0 Å². The Bertz CT molecular complexity index is 3540. The Hall–Kier alpha value is -7.48. The number of benzene rings is 10. The largest absolute Gasteiger partial charge is 0.310 e. The third-order valence-corrected chi connectivity index (χ3v) is 15.7. The van der Waals surface area contributed by atoms with E-state index in [9.17, 15) is 0 Å². The van der Waals surface area contributed by atoms with Gasteiger partial charge in [-0.25, -0.2) is 0 Å². The van der Waals surface area contributed by atoms with E-state index in [1.54, 1.807) is 0 Å². The molecule has 316 valence electrons. The summed E-state index contributed by atoms with van der Waals surface area (Å²) >= 11 is 0. The molecule has 0 bridgehead atoms. The van der Waals surface area contributed by atoms with Crippen LogP contribution in [0.2, 0.25) is 0 Å². The van der Waals surface area contributed by atoms with Crippen LogP contribution in [0.5, 0.6) is 0 Å². The third kappa shape index (κ3) is 5.59. The monoisotopic (exact) mass is 845 g/mol. The van der Waals surface area contributed by atoms with Crippen LogP contribution in [0.3, 0.4) is 0 Å². The maximum absolute atomic E-state index is 2.59. The van der Waals surface area contributed by atoms with Crippen LogP contribution in [0, 0.1) is 0 Å². The van der Waals surface area contributed by atoms with Crippen molar-refractivity contribution >= 4 is 38.6 Å². The molecule has 10 aromatic carbocycles. The predicted octanol–water partition coefficient (Wildman–Crippen LogP) is 17.5. The molecular formula is C65H51N. The molecule has 0 aliphatic heterocycles. The SMILES string of the molecule is CC1(C)CCC(C)(C)c2cc(-c3cc4c(cc3N(c3ccc(-c5ccccc5)cc3)c3ccc5c(ccc6ccccc65)c3)C3(c5ccccc5-c5ccccc53)c3ccccc3-4)ccc21. The lowest BCUT2D eigenvalue weighted by atomic mass is 9.63. The Morgan fingerprint density at radius 1 is 0.318 bits per heavy atom. The van der Waals surface area contributed by atoms with Crippen molar-refractivity contribution in [3.8, 4) is 44.5 Å². The smallest absolute Gasteiger partial charge is 0.0726 e. The molecule has 13 rings (SSSR count). The molecule has 66 heavy (non-hydrogen) atoms. The lowest BCUT2D eigenvalue weighted by molar-refractivity contribution is 0.332. The quantitative estimate of drug-likeness (QED) is 0.156. The van der Waals surface area contributed by atoms with Crippen molar-refractivity contribution in [2.75, 3.05) is 4.90 Å². The molecule has 1 nitrogen and oxygen atoms in total. The normalized spacial score (nSPS) is 15.5. The van der Waals surface area contributed by atoms with Crippen LogP contribution in [0.4, 0.5) is 17.1 Å². The van der Waals surface area contributed by atoms with Gasteiger partial charge in [-0.2, -0.15) is 0 Å². The first-order chi connectivity index (χ1) is 32.2. The second kappa shape index (κ2) is 14.3. The molecule has 0 atom stereocenters. The summed E-state index contributed by atoms with van der Waals surface area (Å²) in [6.07, 6.45) is 2.34.